The topological polar surface area (TPSA) is 19.9 Å². The standard InChI is InChI=1S/C11H19O/c1-10(2)6-4-7-11(3)8-5-9-12/h4-6,8,10-11H,7,9H2,1-3H3. The molecule has 69 valence electrons. The summed E-state index contributed by atoms with van der Waals surface area (Å²) in [6, 6.07) is 0. The van der Waals surface area contributed by atoms with E-state index < -0.39 is 0 Å². The van der Waals surface area contributed by atoms with Crippen molar-refractivity contribution in [1.29, 1.82) is 0 Å². The molecule has 0 spiro atoms. The van der Waals surface area contributed by atoms with Crippen molar-refractivity contribution in [2.24, 2.45) is 11.8 Å². The predicted molar refractivity (Wildman–Crippen MR) is 52.5 cm³/mol. The van der Waals surface area contributed by atoms with E-state index >= 15 is 0 Å². The van der Waals surface area contributed by atoms with Gasteiger partial charge in [-0.3, -0.25) is 0 Å². The molecule has 0 saturated heterocycles. The van der Waals surface area contributed by atoms with Crippen molar-refractivity contribution in [3.05, 3.63) is 24.3 Å². The summed E-state index contributed by atoms with van der Waals surface area (Å²) in [6.45, 7) is 6.35. The molecule has 0 saturated carbocycles. The van der Waals surface area contributed by atoms with Gasteiger partial charge in [-0.05, 0) is 18.3 Å². The first-order valence-corrected chi connectivity index (χ1v) is 4.58. The summed E-state index contributed by atoms with van der Waals surface area (Å²) >= 11 is 0. The summed E-state index contributed by atoms with van der Waals surface area (Å²) < 4.78 is 0. The van der Waals surface area contributed by atoms with E-state index in [1.165, 1.54) is 0 Å². The van der Waals surface area contributed by atoms with Crippen LogP contribution in [0.2, 0.25) is 0 Å². The maximum atomic E-state index is 10.1. The van der Waals surface area contributed by atoms with Crippen LogP contribution >= 0.6 is 0 Å². The quantitative estimate of drug-likeness (QED) is 0.560. The third-order valence-corrected chi connectivity index (χ3v) is 1.59. The summed E-state index contributed by atoms with van der Waals surface area (Å²) in [5, 5.41) is 10.1. The molecule has 1 atom stereocenters. The fraction of sp³-hybridized carbons (Fsp3) is 0.636. The number of allylic oxidation sites excluding steroid dienone is 3. The van der Waals surface area contributed by atoms with Crippen LogP contribution < -0.4 is 0 Å². The van der Waals surface area contributed by atoms with E-state index in [1.54, 1.807) is 6.08 Å². The summed E-state index contributed by atoms with van der Waals surface area (Å²) in [6.07, 6.45) is 9.09. The van der Waals surface area contributed by atoms with Crippen LogP contribution in [0.15, 0.2) is 24.3 Å². The minimum atomic E-state index is -0.0990. The van der Waals surface area contributed by atoms with Crippen molar-refractivity contribution in [1.82, 2.24) is 0 Å². The molecule has 0 aromatic carbocycles. The molecule has 0 aromatic heterocycles. The molecule has 1 radical (unpaired) electrons. The van der Waals surface area contributed by atoms with E-state index in [2.05, 4.69) is 32.9 Å². The zero-order valence-corrected chi connectivity index (χ0v) is 8.29. The van der Waals surface area contributed by atoms with Crippen molar-refractivity contribution in [2.45, 2.75) is 27.2 Å². The second-order valence-corrected chi connectivity index (χ2v) is 3.48. The Bertz CT molecular complexity index is 145. The van der Waals surface area contributed by atoms with Crippen molar-refractivity contribution >= 4 is 0 Å². The Kier molecular flexibility index (Phi) is 6.78. The number of hydrogen-bond donors (Lipinski definition) is 0. The average molecular weight is 167 g/mol. The summed E-state index contributed by atoms with van der Waals surface area (Å²) in [5.74, 6) is 1.12. The molecule has 12 heavy (non-hydrogen) atoms. The largest absolute Gasteiger partial charge is 0.232 e. The van der Waals surface area contributed by atoms with E-state index in [1.807, 2.05) is 6.08 Å². The van der Waals surface area contributed by atoms with Crippen LogP contribution in [0.3, 0.4) is 0 Å². The normalized spacial score (nSPS) is 15.1. The fourth-order valence-corrected chi connectivity index (χ4v) is 0.932. The zero-order valence-electron chi connectivity index (χ0n) is 8.29. The monoisotopic (exact) mass is 167 g/mol. The number of hydrogen-bond acceptors (Lipinski definition) is 0. The maximum absolute atomic E-state index is 10.1. The molecule has 1 nitrogen and oxygen atoms in total. The first kappa shape index (κ1) is 11.4. The van der Waals surface area contributed by atoms with Gasteiger partial charge in [-0.1, -0.05) is 45.1 Å². The van der Waals surface area contributed by atoms with Gasteiger partial charge >= 0.3 is 0 Å². The van der Waals surface area contributed by atoms with Crippen LogP contribution in [0.4, 0.5) is 0 Å². The lowest BCUT2D eigenvalue weighted by molar-refractivity contribution is 0.232. The van der Waals surface area contributed by atoms with Crippen LogP contribution in [0, 0.1) is 11.8 Å². The fourth-order valence-electron chi connectivity index (χ4n) is 0.932. The molecule has 0 fully saturated rings. The molecule has 0 amide bonds. The van der Waals surface area contributed by atoms with Gasteiger partial charge in [0.05, 0.1) is 0 Å². The lowest BCUT2D eigenvalue weighted by Gasteiger charge is -2.00. The van der Waals surface area contributed by atoms with E-state index in [0.29, 0.717) is 11.8 Å². The van der Waals surface area contributed by atoms with Gasteiger partial charge in [0.15, 0.2) is 0 Å². The average Bonchev–Trinajstić information content (AvgIpc) is 2.00. The Labute approximate surface area is 75.8 Å². The van der Waals surface area contributed by atoms with E-state index in [-0.39, 0.29) is 6.61 Å². The molecular weight excluding hydrogens is 148 g/mol. The third-order valence-electron chi connectivity index (χ3n) is 1.59. The van der Waals surface area contributed by atoms with Gasteiger partial charge in [-0.2, -0.15) is 0 Å². The Balaban J connectivity index is 3.56. The van der Waals surface area contributed by atoms with Crippen LogP contribution in [0.25, 0.3) is 0 Å². The van der Waals surface area contributed by atoms with Gasteiger partial charge in [0.25, 0.3) is 0 Å². The van der Waals surface area contributed by atoms with Gasteiger partial charge < -0.3 is 0 Å². The van der Waals surface area contributed by atoms with Crippen molar-refractivity contribution < 1.29 is 5.11 Å². The molecule has 0 aromatic rings. The van der Waals surface area contributed by atoms with Crippen molar-refractivity contribution in [3.63, 3.8) is 0 Å². The molecule has 0 heterocycles. The van der Waals surface area contributed by atoms with Crippen LogP contribution in [0.5, 0.6) is 0 Å². The third kappa shape index (κ3) is 7.55. The zero-order chi connectivity index (χ0) is 9.40. The highest BCUT2D eigenvalue weighted by Crippen LogP contribution is 2.06. The summed E-state index contributed by atoms with van der Waals surface area (Å²) in [5.41, 5.74) is 0. The highest BCUT2D eigenvalue weighted by molar-refractivity contribution is 4.92. The molecule has 1 unspecified atom stereocenters. The first-order chi connectivity index (χ1) is 5.66. The second-order valence-electron chi connectivity index (χ2n) is 3.48. The SMILES string of the molecule is CC(C)C=CCC(C)C=CC[O]. The van der Waals surface area contributed by atoms with E-state index in [0.717, 1.165) is 6.42 Å². The second kappa shape index (κ2) is 7.11. The first-order valence-electron chi connectivity index (χ1n) is 4.58. The van der Waals surface area contributed by atoms with Gasteiger partial charge in [0.1, 0.15) is 6.61 Å². The Morgan fingerprint density at radius 1 is 1.08 bits per heavy atom. The maximum Gasteiger partial charge on any atom is 0.100 e. The smallest absolute Gasteiger partial charge is 0.100 e. The Morgan fingerprint density at radius 2 is 1.75 bits per heavy atom. The molecule has 1 heteroatoms. The molecule has 0 aliphatic rings. The highest BCUT2D eigenvalue weighted by Gasteiger charge is 1.92. The number of rotatable bonds is 5. The van der Waals surface area contributed by atoms with Gasteiger partial charge in [0, 0.05) is 0 Å². The van der Waals surface area contributed by atoms with Gasteiger partial charge in [0.2, 0.25) is 0 Å². The Hall–Kier alpha value is -0.560. The molecule has 0 rings (SSSR count). The lowest BCUT2D eigenvalue weighted by Crippen LogP contribution is -1.87. The van der Waals surface area contributed by atoms with Crippen molar-refractivity contribution in [2.75, 3.05) is 6.61 Å². The molecule has 0 N–H and O–H groups in total. The Morgan fingerprint density at radius 3 is 2.25 bits per heavy atom. The van der Waals surface area contributed by atoms with E-state index in [9.17, 15) is 5.11 Å². The van der Waals surface area contributed by atoms with Crippen LogP contribution in [-0.2, 0) is 5.11 Å². The highest BCUT2D eigenvalue weighted by atomic mass is 16.2. The van der Waals surface area contributed by atoms with Gasteiger partial charge in [-0.25, -0.2) is 5.11 Å². The molecular formula is C11H19O. The van der Waals surface area contributed by atoms with Crippen LogP contribution in [-0.4, -0.2) is 6.61 Å². The van der Waals surface area contributed by atoms with E-state index in [4.69, 9.17) is 0 Å². The molecule has 0 aliphatic heterocycles. The lowest BCUT2D eigenvalue weighted by atomic mass is 10.1. The predicted octanol–water partition coefficient (Wildman–Crippen LogP) is 3.21. The molecule has 0 aliphatic carbocycles. The molecule has 0 bridgehead atoms. The van der Waals surface area contributed by atoms with Crippen LogP contribution in [0.1, 0.15) is 27.2 Å². The minimum Gasteiger partial charge on any atom is -0.232 e. The van der Waals surface area contributed by atoms with Crippen molar-refractivity contribution in [3.8, 4) is 0 Å². The summed E-state index contributed by atoms with van der Waals surface area (Å²) in [7, 11) is 0. The minimum absolute atomic E-state index is 0.0990. The summed E-state index contributed by atoms with van der Waals surface area (Å²) in [4.78, 5) is 0. The van der Waals surface area contributed by atoms with Gasteiger partial charge in [-0.15, -0.1) is 0 Å².